The first-order valence-electron chi connectivity index (χ1n) is 13.3. The van der Waals surface area contributed by atoms with Gasteiger partial charge in [-0.05, 0) is 123 Å². The van der Waals surface area contributed by atoms with Crippen molar-refractivity contribution in [3.8, 4) is 17.2 Å². The molecule has 1 aliphatic heterocycles. The maximum Gasteiger partial charge on any atom is 0.494 e. The molecule has 1 heterocycles. The second kappa shape index (κ2) is 5.83. The van der Waals surface area contributed by atoms with Gasteiger partial charge in [-0.3, -0.25) is 0 Å². The van der Waals surface area contributed by atoms with Crippen molar-refractivity contribution in [3.63, 3.8) is 0 Å². The maximum absolute atomic E-state index is 10.2. The zero-order valence-electron chi connectivity index (χ0n) is 20.7. The number of fused-ring (bicyclic) bond motifs is 9. The lowest BCUT2D eigenvalue weighted by Gasteiger charge is -2.54. The van der Waals surface area contributed by atoms with Crippen LogP contribution in [0, 0.1) is 40.4 Å². The molecule has 5 aliphatic carbocycles. The summed E-state index contributed by atoms with van der Waals surface area (Å²) in [5.41, 5.74) is 7.30. The Morgan fingerprint density at radius 2 is 1.68 bits per heavy atom. The van der Waals surface area contributed by atoms with Crippen molar-refractivity contribution in [1.82, 2.24) is 0 Å². The summed E-state index contributed by atoms with van der Waals surface area (Å²) in [5.74, 6) is 3.12. The van der Waals surface area contributed by atoms with Gasteiger partial charge in [0.25, 0.3) is 0 Å². The van der Waals surface area contributed by atoms with Crippen molar-refractivity contribution in [1.29, 1.82) is 5.26 Å². The predicted molar refractivity (Wildman–Crippen MR) is 133 cm³/mol. The summed E-state index contributed by atoms with van der Waals surface area (Å²) in [4.78, 5) is 0. The molecule has 4 heteroatoms. The average Bonchev–Trinajstić information content (AvgIpc) is 3.34. The van der Waals surface area contributed by atoms with Crippen molar-refractivity contribution in [2.24, 2.45) is 29.1 Å². The molecule has 3 bridgehead atoms. The molecule has 2 aromatic rings. The van der Waals surface area contributed by atoms with E-state index >= 15 is 0 Å². The molecular weight excluding hydrogens is 417 g/mol. The maximum atomic E-state index is 10.2. The fraction of sp³-hybridized carbons (Fsp3) is 0.567. The molecule has 34 heavy (non-hydrogen) atoms. The topological polar surface area (TPSA) is 42.2 Å². The van der Waals surface area contributed by atoms with E-state index < -0.39 is 0 Å². The number of rotatable bonds is 1. The van der Waals surface area contributed by atoms with Crippen molar-refractivity contribution in [2.75, 3.05) is 0 Å². The first-order valence-corrected chi connectivity index (χ1v) is 13.3. The first-order chi connectivity index (χ1) is 16.2. The van der Waals surface area contributed by atoms with Gasteiger partial charge < -0.3 is 9.31 Å². The van der Waals surface area contributed by atoms with E-state index in [-0.39, 0.29) is 23.7 Å². The average molecular weight is 449 g/mol. The fourth-order valence-electron chi connectivity index (χ4n) is 9.83. The summed E-state index contributed by atoms with van der Waals surface area (Å²) >= 11 is 0. The second-order valence-electron chi connectivity index (χ2n) is 13.3. The second-order valence-corrected chi connectivity index (χ2v) is 13.3. The molecule has 6 aliphatic rings. The summed E-state index contributed by atoms with van der Waals surface area (Å²) in [6.07, 6.45) is 6.91. The SMILES string of the molecule is CC1(C)OB(c2ccc3c(c2)C2(c4c(C#N)cccc4-3)C3CC4CC5CC2C5(C4)C3)OC1(C)C. The van der Waals surface area contributed by atoms with Gasteiger partial charge >= 0.3 is 7.12 Å². The van der Waals surface area contributed by atoms with Gasteiger partial charge in [-0.25, -0.2) is 0 Å². The number of hydrogen-bond acceptors (Lipinski definition) is 3. The van der Waals surface area contributed by atoms with Crippen molar-refractivity contribution < 1.29 is 9.31 Å². The summed E-state index contributed by atoms with van der Waals surface area (Å²) in [7, 11) is -0.351. The Bertz CT molecular complexity index is 1310. The van der Waals surface area contributed by atoms with E-state index in [0.29, 0.717) is 17.3 Å². The molecule has 4 saturated carbocycles. The van der Waals surface area contributed by atoms with Crippen LogP contribution in [0.2, 0.25) is 0 Å². The molecule has 2 aromatic carbocycles. The number of benzene rings is 2. The molecule has 0 N–H and O–H groups in total. The van der Waals surface area contributed by atoms with Crippen molar-refractivity contribution in [3.05, 3.63) is 53.1 Å². The third kappa shape index (κ3) is 2.00. The molecule has 0 radical (unpaired) electrons. The third-order valence-electron chi connectivity index (χ3n) is 11.7. The van der Waals surface area contributed by atoms with Crippen LogP contribution in [0.1, 0.15) is 76.5 Å². The van der Waals surface area contributed by atoms with Gasteiger partial charge in [0.1, 0.15) is 0 Å². The van der Waals surface area contributed by atoms with Crippen LogP contribution in [0.5, 0.6) is 0 Å². The molecule has 6 atom stereocenters. The molecule has 8 rings (SSSR count). The van der Waals surface area contributed by atoms with E-state index in [0.717, 1.165) is 22.9 Å². The standard InChI is InChI=1S/C30H32BNO2/c1-27(2)28(3,4)34-31(33-27)21-8-9-22-23-7-5-6-18(16-32)26(23)30(24(22)13-21)20-11-17-10-19-12-25(30)29(19,14-17)15-20/h5-9,13,17,19-20,25H,10-12,14-15H2,1-4H3. The normalized spacial score (nSPS) is 40.7. The Labute approximate surface area is 203 Å². The van der Waals surface area contributed by atoms with E-state index in [9.17, 15) is 5.26 Å². The van der Waals surface area contributed by atoms with E-state index in [1.165, 1.54) is 54.4 Å². The van der Waals surface area contributed by atoms with E-state index in [1.54, 1.807) is 0 Å². The van der Waals surface area contributed by atoms with E-state index in [1.807, 2.05) is 0 Å². The Balaban J connectivity index is 1.36. The first kappa shape index (κ1) is 20.1. The highest BCUT2D eigenvalue weighted by atomic mass is 16.7. The molecule has 0 aromatic heterocycles. The van der Waals surface area contributed by atoms with Gasteiger partial charge in [0.2, 0.25) is 0 Å². The highest BCUT2D eigenvalue weighted by molar-refractivity contribution is 6.62. The minimum absolute atomic E-state index is 0.0116. The summed E-state index contributed by atoms with van der Waals surface area (Å²) in [6.45, 7) is 8.51. The van der Waals surface area contributed by atoms with Gasteiger partial charge in [-0.2, -0.15) is 5.26 Å². The largest absolute Gasteiger partial charge is 0.494 e. The van der Waals surface area contributed by atoms with E-state index in [4.69, 9.17) is 9.31 Å². The minimum atomic E-state index is -0.353. The highest BCUT2D eigenvalue weighted by Crippen LogP contribution is 2.83. The zero-order chi connectivity index (χ0) is 23.3. The van der Waals surface area contributed by atoms with Crippen molar-refractivity contribution >= 4 is 12.6 Å². The van der Waals surface area contributed by atoms with Crippen LogP contribution < -0.4 is 5.46 Å². The van der Waals surface area contributed by atoms with E-state index in [2.05, 4.69) is 70.2 Å². The smallest absolute Gasteiger partial charge is 0.399 e. The lowest BCUT2D eigenvalue weighted by atomic mass is 9.49. The Kier molecular flexibility index (Phi) is 3.45. The lowest BCUT2D eigenvalue weighted by Crippen LogP contribution is -2.50. The van der Waals surface area contributed by atoms with Crippen LogP contribution >= 0.6 is 0 Å². The number of nitriles is 1. The van der Waals surface area contributed by atoms with Gasteiger partial charge in [-0.1, -0.05) is 30.3 Å². The molecular formula is C30H32BNO2. The highest BCUT2D eigenvalue weighted by Gasteiger charge is 2.77. The molecule has 2 spiro atoms. The third-order valence-corrected chi connectivity index (χ3v) is 11.7. The van der Waals surface area contributed by atoms with Crippen LogP contribution in [-0.4, -0.2) is 18.3 Å². The lowest BCUT2D eigenvalue weighted by molar-refractivity contribution is -0.0194. The molecule has 5 fully saturated rings. The number of hydrogen-bond donors (Lipinski definition) is 0. The van der Waals surface area contributed by atoms with Gasteiger partial charge in [-0.15, -0.1) is 0 Å². The van der Waals surface area contributed by atoms with Gasteiger partial charge in [0.15, 0.2) is 0 Å². The quantitative estimate of drug-likeness (QED) is 0.534. The molecule has 1 saturated heterocycles. The van der Waals surface area contributed by atoms with Gasteiger partial charge in [0, 0.05) is 5.41 Å². The van der Waals surface area contributed by atoms with Crippen LogP contribution in [0.15, 0.2) is 36.4 Å². The number of nitrogens with zero attached hydrogens (tertiary/aromatic N) is 1. The summed E-state index contributed by atoms with van der Waals surface area (Å²) < 4.78 is 13.0. The van der Waals surface area contributed by atoms with Crippen LogP contribution in [0.3, 0.4) is 0 Å². The Hall–Kier alpha value is -2.09. The predicted octanol–water partition coefficient (Wildman–Crippen LogP) is 5.58. The Morgan fingerprint density at radius 1 is 0.912 bits per heavy atom. The monoisotopic (exact) mass is 449 g/mol. The summed E-state index contributed by atoms with van der Waals surface area (Å²) in [5, 5.41) is 10.2. The molecule has 6 unspecified atom stereocenters. The van der Waals surface area contributed by atoms with Crippen LogP contribution in [0.25, 0.3) is 11.1 Å². The fourth-order valence-corrected chi connectivity index (χ4v) is 9.83. The minimum Gasteiger partial charge on any atom is -0.399 e. The van der Waals surface area contributed by atoms with Gasteiger partial charge in [0.05, 0.1) is 22.8 Å². The molecule has 3 nitrogen and oxygen atoms in total. The van der Waals surface area contributed by atoms with Crippen LogP contribution in [-0.2, 0) is 14.7 Å². The summed E-state index contributed by atoms with van der Waals surface area (Å²) in [6, 6.07) is 16.0. The Morgan fingerprint density at radius 3 is 2.44 bits per heavy atom. The molecule has 0 amide bonds. The zero-order valence-corrected chi connectivity index (χ0v) is 20.7. The van der Waals surface area contributed by atoms with Crippen molar-refractivity contribution in [2.45, 2.75) is 76.4 Å². The van der Waals surface area contributed by atoms with Crippen LogP contribution in [0.4, 0.5) is 0 Å². The molecule has 172 valence electrons.